The monoisotopic (exact) mass is 302 g/mol. The Hall–Kier alpha value is -0.950. The van der Waals surface area contributed by atoms with E-state index in [0.29, 0.717) is 30.2 Å². The molecule has 0 spiro atoms. The number of carbonyl (C=O) groups is 2. The lowest BCUT2D eigenvalue weighted by molar-refractivity contribution is -0.142. The van der Waals surface area contributed by atoms with Gasteiger partial charge in [0, 0.05) is 30.6 Å². The molecule has 7 heteroatoms. The summed E-state index contributed by atoms with van der Waals surface area (Å²) in [5, 5.41) is 9.99. The number of likely N-dealkylation sites (N-methyl/N-ethyl adjacent to an activating group) is 1. The van der Waals surface area contributed by atoms with E-state index in [4.69, 9.17) is 4.74 Å². The zero-order chi connectivity index (χ0) is 14.9. The Morgan fingerprint density at radius 1 is 1.25 bits per heavy atom. The van der Waals surface area contributed by atoms with E-state index < -0.39 is 11.9 Å². The predicted molar refractivity (Wildman–Crippen MR) is 77.0 cm³/mol. The third kappa shape index (κ3) is 3.20. The summed E-state index contributed by atoms with van der Waals surface area (Å²) in [7, 11) is 1.68. The normalized spacial score (nSPS) is 34.0. The molecule has 0 aromatic heterocycles. The highest BCUT2D eigenvalue weighted by molar-refractivity contribution is 8.00. The van der Waals surface area contributed by atoms with Gasteiger partial charge in [0.2, 0.25) is 0 Å². The highest BCUT2D eigenvalue weighted by atomic mass is 32.2. The number of carboxylic acids is 1. The summed E-state index contributed by atoms with van der Waals surface area (Å²) in [4.78, 5) is 27.1. The Morgan fingerprint density at radius 3 is 2.40 bits per heavy atom. The molecule has 114 valence electrons. The van der Waals surface area contributed by atoms with Crippen molar-refractivity contribution in [2.24, 2.45) is 5.92 Å². The number of rotatable bonds is 2. The lowest BCUT2D eigenvalue weighted by Gasteiger charge is -2.38. The van der Waals surface area contributed by atoms with E-state index in [1.54, 1.807) is 11.9 Å². The molecule has 20 heavy (non-hydrogen) atoms. The van der Waals surface area contributed by atoms with Crippen LogP contribution in [0.5, 0.6) is 0 Å². The van der Waals surface area contributed by atoms with Crippen molar-refractivity contribution in [2.75, 3.05) is 33.4 Å². The topological polar surface area (TPSA) is 70.1 Å². The molecule has 0 bridgehead atoms. The third-order valence-electron chi connectivity index (χ3n) is 3.86. The summed E-state index contributed by atoms with van der Waals surface area (Å²) < 4.78 is 5.23. The summed E-state index contributed by atoms with van der Waals surface area (Å²) in [5.74, 6) is -1.53. The SMILES string of the molecule is CC1CN(C(=O)N(C)C2COCC2C(=O)O)CC(C)S1. The van der Waals surface area contributed by atoms with E-state index in [0.717, 1.165) is 0 Å². The first-order valence-electron chi connectivity index (χ1n) is 6.88. The second kappa shape index (κ2) is 6.22. The van der Waals surface area contributed by atoms with Crippen molar-refractivity contribution in [3.05, 3.63) is 0 Å². The molecular formula is C13H22N2O4S. The Kier molecular flexibility index (Phi) is 4.80. The zero-order valence-corrected chi connectivity index (χ0v) is 12.9. The van der Waals surface area contributed by atoms with Gasteiger partial charge in [-0.25, -0.2) is 4.79 Å². The van der Waals surface area contributed by atoms with Crippen LogP contribution in [0.4, 0.5) is 4.79 Å². The van der Waals surface area contributed by atoms with Crippen LogP contribution < -0.4 is 0 Å². The molecule has 4 atom stereocenters. The molecule has 2 aliphatic heterocycles. The van der Waals surface area contributed by atoms with Gasteiger partial charge in [0.25, 0.3) is 0 Å². The van der Waals surface area contributed by atoms with E-state index in [1.165, 1.54) is 0 Å². The van der Waals surface area contributed by atoms with Gasteiger partial charge in [-0.1, -0.05) is 13.8 Å². The number of hydrogen-bond donors (Lipinski definition) is 1. The summed E-state index contributed by atoms with van der Waals surface area (Å²) >= 11 is 1.88. The van der Waals surface area contributed by atoms with Gasteiger partial charge >= 0.3 is 12.0 Å². The molecule has 0 aliphatic carbocycles. The number of ether oxygens (including phenoxy) is 1. The molecule has 2 aliphatic rings. The van der Waals surface area contributed by atoms with Crippen molar-refractivity contribution in [1.29, 1.82) is 0 Å². The minimum atomic E-state index is -0.900. The van der Waals surface area contributed by atoms with Crippen LogP contribution in [0, 0.1) is 5.92 Å². The molecular weight excluding hydrogens is 280 g/mol. The van der Waals surface area contributed by atoms with Crippen LogP contribution in [0.3, 0.4) is 0 Å². The number of urea groups is 1. The van der Waals surface area contributed by atoms with E-state index in [2.05, 4.69) is 13.8 Å². The molecule has 2 heterocycles. The van der Waals surface area contributed by atoms with Crippen LogP contribution in [-0.4, -0.2) is 76.8 Å². The number of nitrogens with zero attached hydrogens (tertiary/aromatic N) is 2. The van der Waals surface area contributed by atoms with Crippen LogP contribution in [0.15, 0.2) is 0 Å². The Morgan fingerprint density at radius 2 is 1.85 bits per heavy atom. The molecule has 2 amide bonds. The summed E-state index contributed by atoms with van der Waals surface area (Å²) in [6, 6.07) is -0.467. The number of hydrogen-bond acceptors (Lipinski definition) is 4. The number of carbonyl (C=O) groups excluding carboxylic acids is 1. The Bertz CT molecular complexity index is 383. The summed E-state index contributed by atoms with van der Waals surface area (Å²) in [6.45, 7) is 6.12. The average Bonchev–Trinajstić information content (AvgIpc) is 2.85. The lowest BCUT2D eigenvalue weighted by atomic mass is 10.0. The maximum absolute atomic E-state index is 12.5. The van der Waals surface area contributed by atoms with Gasteiger partial charge in [-0.15, -0.1) is 0 Å². The highest BCUT2D eigenvalue weighted by Crippen LogP contribution is 2.26. The average molecular weight is 302 g/mol. The first kappa shape index (κ1) is 15.4. The minimum absolute atomic E-state index is 0.0919. The van der Waals surface area contributed by atoms with Gasteiger partial charge in [0.15, 0.2) is 0 Å². The molecule has 6 nitrogen and oxygen atoms in total. The summed E-state index contributed by atoms with van der Waals surface area (Å²) in [5.41, 5.74) is 0. The fourth-order valence-electron chi connectivity index (χ4n) is 2.86. The van der Waals surface area contributed by atoms with Crippen molar-refractivity contribution in [1.82, 2.24) is 9.80 Å². The van der Waals surface area contributed by atoms with Crippen LogP contribution in [0.1, 0.15) is 13.8 Å². The van der Waals surface area contributed by atoms with Gasteiger partial charge in [-0.3, -0.25) is 4.79 Å². The molecule has 0 radical (unpaired) electrons. The molecule has 2 rings (SSSR count). The highest BCUT2D eigenvalue weighted by Gasteiger charge is 2.40. The van der Waals surface area contributed by atoms with Crippen molar-refractivity contribution in [2.45, 2.75) is 30.4 Å². The minimum Gasteiger partial charge on any atom is -0.481 e. The largest absolute Gasteiger partial charge is 0.481 e. The number of aliphatic carboxylic acids is 1. The maximum atomic E-state index is 12.5. The molecule has 0 saturated carbocycles. The van der Waals surface area contributed by atoms with Gasteiger partial charge in [0.05, 0.1) is 19.3 Å². The van der Waals surface area contributed by atoms with Crippen molar-refractivity contribution in [3.8, 4) is 0 Å². The van der Waals surface area contributed by atoms with Crippen LogP contribution in [-0.2, 0) is 9.53 Å². The van der Waals surface area contributed by atoms with Crippen LogP contribution in [0.2, 0.25) is 0 Å². The van der Waals surface area contributed by atoms with E-state index in [9.17, 15) is 14.7 Å². The fourth-order valence-corrected chi connectivity index (χ4v) is 4.18. The van der Waals surface area contributed by atoms with Crippen LogP contribution in [0.25, 0.3) is 0 Å². The van der Waals surface area contributed by atoms with Crippen molar-refractivity contribution >= 4 is 23.8 Å². The molecule has 2 fully saturated rings. The van der Waals surface area contributed by atoms with Crippen molar-refractivity contribution < 1.29 is 19.4 Å². The number of thioether (sulfide) groups is 1. The second-order valence-electron chi connectivity index (χ2n) is 5.61. The lowest BCUT2D eigenvalue weighted by Crippen LogP contribution is -2.53. The number of carboxylic acid groups (broad SMARTS) is 1. The second-order valence-corrected chi connectivity index (χ2v) is 7.49. The van der Waals surface area contributed by atoms with Gasteiger partial charge in [0.1, 0.15) is 5.92 Å². The van der Waals surface area contributed by atoms with Crippen molar-refractivity contribution in [3.63, 3.8) is 0 Å². The first-order chi connectivity index (χ1) is 9.40. The quantitative estimate of drug-likeness (QED) is 0.823. The fraction of sp³-hybridized carbons (Fsp3) is 0.846. The van der Waals surface area contributed by atoms with Gasteiger partial charge in [-0.05, 0) is 0 Å². The summed E-state index contributed by atoms with van der Waals surface area (Å²) in [6.07, 6.45) is 0. The Labute approximate surface area is 123 Å². The van der Waals surface area contributed by atoms with E-state index >= 15 is 0 Å². The third-order valence-corrected chi connectivity index (χ3v) is 5.08. The smallest absolute Gasteiger partial charge is 0.320 e. The van der Waals surface area contributed by atoms with E-state index in [1.807, 2.05) is 16.7 Å². The Balaban J connectivity index is 2.02. The first-order valence-corrected chi connectivity index (χ1v) is 7.82. The number of amides is 2. The molecule has 1 N–H and O–H groups in total. The predicted octanol–water partition coefficient (Wildman–Crippen LogP) is 0.964. The molecule has 2 saturated heterocycles. The standard InChI is InChI=1S/C13H22N2O4S/c1-8-4-15(5-9(2)20-8)13(18)14(3)11-7-19-6-10(11)12(16)17/h8-11H,4-7H2,1-3H3,(H,16,17). The van der Waals surface area contributed by atoms with Gasteiger partial charge in [-0.2, -0.15) is 11.8 Å². The van der Waals surface area contributed by atoms with Crippen LogP contribution >= 0.6 is 11.8 Å². The zero-order valence-electron chi connectivity index (χ0n) is 12.1. The maximum Gasteiger partial charge on any atom is 0.320 e. The van der Waals surface area contributed by atoms with Gasteiger partial charge < -0.3 is 19.6 Å². The molecule has 0 aromatic carbocycles. The molecule has 0 aromatic rings. The van der Waals surface area contributed by atoms with E-state index in [-0.39, 0.29) is 18.7 Å². The molecule has 4 unspecified atom stereocenters.